The van der Waals surface area contributed by atoms with E-state index >= 15 is 13.2 Å². The van der Waals surface area contributed by atoms with Crippen molar-refractivity contribution in [1.29, 1.82) is 0 Å². The lowest BCUT2D eigenvalue weighted by molar-refractivity contribution is 0.364. The second kappa shape index (κ2) is 15.4. The van der Waals surface area contributed by atoms with Gasteiger partial charge < -0.3 is 0 Å². The second-order valence-corrected chi connectivity index (χ2v) is 11.7. The minimum Gasteiger partial charge on any atom is -0.203 e. The van der Waals surface area contributed by atoms with Gasteiger partial charge in [0.05, 0.1) is 0 Å². The van der Waals surface area contributed by atoms with E-state index in [1.54, 1.807) is 48.5 Å². The normalized spacial score (nSPS) is 17.4. The Bertz CT molecular complexity index is 1280. The summed E-state index contributed by atoms with van der Waals surface area (Å²) in [5.41, 5.74) is 2.20. The Morgan fingerprint density at radius 1 is 0.610 bits per heavy atom. The maximum Gasteiger partial charge on any atom is 0.166 e. The molecule has 0 aromatic heterocycles. The van der Waals surface area contributed by atoms with E-state index in [2.05, 4.69) is 19.1 Å². The molecule has 1 aliphatic carbocycles. The highest BCUT2D eigenvalue weighted by Crippen LogP contribution is 2.39. The second-order valence-electron chi connectivity index (χ2n) is 11.7. The fraction of sp³-hybridized carbons (Fsp3) is 0.459. The first kappa shape index (κ1) is 31.1. The number of aryl methyl sites for hydroxylation is 1. The number of halogens is 4. The highest BCUT2D eigenvalue weighted by atomic mass is 19.2. The molecule has 0 saturated heterocycles. The van der Waals surface area contributed by atoms with E-state index in [1.807, 2.05) is 6.92 Å². The van der Waals surface area contributed by atoms with Gasteiger partial charge in [0.25, 0.3) is 0 Å². The molecule has 1 aliphatic rings. The first-order valence-electron chi connectivity index (χ1n) is 15.6. The summed E-state index contributed by atoms with van der Waals surface area (Å²) in [5, 5.41) is 0. The average Bonchev–Trinajstić information content (AvgIpc) is 2.99. The molecular formula is C37H44F4. The third-order valence-corrected chi connectivity index (χ3v) is 8.76. The third kappa shape index (κ3) is 7.90. The summed E-state index contributed by atoms with van der Waals surface area (Å²) in [7, 11) is 0. The molecule has 4 rings (SSSR count). The summed E-state index contributed by atoms with van der Waals surface area (Å²) in [6.07, 6.45) is 17.7. The van der Waals surface area contributed by atoms with Gasteiger partial charge in [0.15, 0.2) is 23.3 Å². The molecule has 41 heavy (non-hydrogen) atoms. The first-order chi connectivity index (χ1) is 19.9. The van der Waals surface area contributed by atoms with Crippen LogP contribution in [-0.4, -0.2) is 0 Å². The van der Waals surface area contributed by atoms with Crippen molar-refractivity contribution in [3.8, 4) is 22.3 Å². The molecule has 3 aromatic rings. The van der Waals surface area contributed by atoms with Crippen molar-refractivity contribution in [2.45, 2.75) is 103 Å². The van der Waals surface area contributed by atoms with Crippen LogP contribution in [0.15, 0.2) is 60.7 Å². The number of unbranched alkanes of at least 4 members (excludes halogenated alkanes) is 7. The summed E-state index contributed by atoms with van der Waals surface area (Å²) >= 11 is 0. The van der Waals surface area contributed by atoms with Crippen LogP contribution in [-0.2, 0) is 6.42 Å². The molecule has 4 heteroatoms. The smallest absolute Gasteiger partial charge is 0.166 e. The molecule has 220 valence electrons. The molecule has 0 radical (unpaired) electrons. The van der Waals surface area contributed by atoms with E-state index in [9.17, 15) is 4.39 Å². The maximum absolute atomic E-state index is 15.2. The van der Waals surface area contributed by atoms with Gasteiger partial charge in [-0.3, -0.25) is 0 Å². The zero-order valence-corrected chi connectivity index (χ0v) is 24.6. The zero-order valence-electron chi connectivity index (χ0n) is 24.6. The fourth-order valence-corrected chi connectivity index (χ4v) is 6.28. The van der Waals surface area contributed by atoms with E-state index in [4.69, 9.17) is 0 Å². The van der Waals surface area contributed by atoms with Crippen LogP contribution in [0, 0.1) is 29.2 Å². The lowest BCUT2D eigenvalue weighted by Gasteiger charge is -2.27. The monoisotopic (exact) mass is 564 g/mol. The molecule has 0 atom stereocenters. The first-order valence-corrected chi connectivity index (χ1v) is 15.6. The lowest BCUT2D eigenvalue weighted by Crippen LogP contribution is -2.13. The van der Waals surface area contributed by atoms with E-state index in [0.29, 0.717) is 34.6 Å². The molecule has 0 amide bonds. The molecule has 3 aromatic carbocycles. The number of hydrogen-bond acceptors (Lipinski definition) is 0. The Kier molecular flexibility index (Phi) is 11.7. The number of hydrogen-bond donors (Lipinski definition) is 0. The predicted molar refractivity (Wildman–Crippen MR) is 163 cm³/mol. The minimum absolute atomic E-state index is 0.0267. The molecular weight excluding hydrogens is 520 g/mol. The van der Waals surface area contributed by atoms with Crippen LogP contribution >= 0.6 is 0 Å². The van der Waals surface area contributed by atoms with E-state index in [0.717, 1.165) is 44.9 Å². The van der Waals surface area contributed by atoms with Crippen LogP contribution in [0.1, 0.15) is 108 Å². The van der Waals surface area contributed by atoms with Gasteiger partial charge in [0.2, 0.25) is 0 Å². The van der Waals surface area contributed by atoms with Crippen LogP contribution in [0.3, 0.4) is 0 Å². The van der Waals surface area contributed by atoms with Crippen molar-refractivity contribution in [2.75, 3.05) is 0 Å². The largest absolute Gasteiger partial charge is 0.203 e. The molecule has 0 heterocycles. The van der Waals surface area contributed by atoms with E-state index < -0.39 is 23.3 Å². The summed E-state index contributed by atoms with van der Waals surface area (Å²) < 4.78 is 60.3. The van der Waals surface area contributed by atoms with Crippen LogP contribution < -0.4 is 0 Å². The summed E-state index contributed by atoms with van der Waals surface area (Å²) in [4.78, 5) is 0. The Hall–Kier alpha value is -2.88. The third-order valence-electron chi connectivity index (χ3n) is 8.76. The van der Waals surface area contributed by atoms with Gasteiger partial charge in [-0.1, -0.05) is 113 Å². The van der Waals surface area contributed by atoms with Crippen LogP contribution in [0.2, 0.25) is 0 Å². The van der Waals surface area contributed by atoms with Gasteiger partial charge in [-0.15, -0.1) is 0 Å². The summed E-state index contributed by atoms with van der Waals surface area (Å²) in [6, 6.07) is 13.2. The van der Waals surface area contributed by atoms with E-state index in [1.165, 1.54) is 32.1 Å². The summed E-state index contributed by atoms with van der Waals surface area (Å²) in [6.45, 7) is 4.21. The highest BCUT2D eigenvalue weighted by molar-refractivity contribution is 5.71. The topological polar surface area (TPSA) is 0 Å². The molecule has 1 fully saturated rings. The minimum atomic E-state index is -0.861. The van der Waals surface area contributed by atoms with Crippen LogP contribution in [0.25, 0.3) is 22.3 Å². The molecule has 0 spiro atoms. The zero-order chi connectivity index (χ0) is 29.2. The number of allylic oxidation sites excluding steroid dienone is 2. The molecule has 0 unspecified atom stereocenters. The number of rotatable bonds is 13. The van der Waals surface area contributed by atoms with Crippen molar-refractivity contribution in [3.63, 3.8) is 0 Å². The van der Waals surface area contributed by atoms with Gasteiger partial charge in [-0.05, 0) is 79.5 Å². The Labute approximate surface area is 243 Å². The van der Waals surface area contributed by atoms with Crippen molar-refractivity contribution < 1.29 is 17.6 Å². The average molecular weight is 565 g/mol. The maximum atomic E-state index is 15.2. The van der Waals surface area contributed by atoms with Crippen molar-refractivity contribution in [3.05, 3.63) is 95.1 Å². The van der Waals surface area contributed by atoms with Gasteiger partial charge in [-0.2, -0.15) is 0 Å². The van der Waals surface area contributed by atoms with Crippen molar-refractivity contribution >= 4 is 0 Å². The molecule has 0 nitrogen and oxygen atoms in total. The van der Waals surface area contributed by atoms with Gasteiger partial charge in [0.1, 0.15) is 0 Å². The van der Waals surface area contributed by atoms with Crippen LogP contribution in [0.4, 0.5) is 17.6 Å². The Morgan fingerprint density at radius 2 is 1.15 bits per heavy atom. The SMILES string of the molecule is C/C=C/C1CCC(c2ccc(-c3ccc(-c4ccc(CCCCCCCCCC)c(F)c4F)cc3)c(F)c2F)CC1. The molecule has 1 saturated carbocycles. The van der Waals surface area contributed by atoms with Crippen LogP contribution in [0.5, 0.6) is 0 Å². The summed E-state index contributed by atoms with van der Waals surface area (Å²) in [5.74, 6) is -2.74. The standard InChI is InChI=1S/C37H44F4/c1-3-5-6-7-8-9-10-11-13-30-22-23-31(35(39)34(30)38)28-18-20-29(21-19-28)33-25-24-32(36(40)37(33)41)27-16-14-26(12-4-2)15-17-27/h4,12,18-27H,3,5-11,13-17H2,1-2H3/b12-4+. The number of benzene rings is 3. The van der Waals surface area contributed by atoms with Crippen molar-refractivity contribution in [2.24, 2.45) is 5.92 Å². The Morgan fingerprint density at radius 3 is 1.73 bits per heavy atom. The Balaban J connectivity index is 1.39. The van der Waals surface area contributed by atoms with E-state index in [-0.39, 0.29) is 17.0 Å². The van der Waals surface area contributed by atoms with Gasteiger partial charge >= 0.3 is 0 Å². The molecule has 0 aliphatic heterocycles. The molecule has 0 N–H and O–H groups in total. The quantitative estimate of drug-likeness (QED) is 0.110. The van der Waals surface area contributed by atoms with Crippen molar-refractivity contribution in [1.82, 2.24) is 0 Å². The van der Waals surface area contributed by atoms with Gasteiger partial charge in [0, 0.05) is 11.1 Å². The fourth-order valence-electron chi connectivity index (χ4n) is 6.28. The molecule has 0 bridgehead atoms. The predicted octanol–water partition coefficient (Wildman–Crippen LogP) is 12.1. The van der Waals surface area contributed by atoms with Gasteiger partial charge in [-0.25, -0.2) is 17.6 Å². The lowest BCUT2D eigenvalue weighted by atomic mass is 9.78. The highest BCUT2D eigenvalue weighted by Gasteiger charge is 2.26.